The Morgan fingerprint density at radius 1 is 1.37 bits per heavy atom. The minimum absolute atomic E-state index is 0.248. The Hall–Kier alpha value is -0.380. The average Bonchev–Trinajstić information content (AvgIpc) is 2.94. The van der Waals surface area contributed by atoms with E-state index >= 15 is 0 Å². The van der Waals surface area contributed by atoms with Crippen molar-refractivity contribution < 1.29 is 9.84 Å². The lowest BCUT2D eigenvalue weighted by molar-refractivity contribution is 0.161. The second-order valence-corrected chi connectivity index (χ2v) is 8.06. The summed E-state index contributed by atoms with van der Waals surface area (Å²) in [5.41, 5.74) is 3.53. The standard InChI is InChI=1S/C16H24O2S/c1-10-12-6-16(2,3)5-4-14(12)19-15(10)13-9-18-8-11(13)7-17/h11,13,17H,4-9H2,1-3H3/t11?,13-/m1/s1. The van der Waals surface area contributed by atoms with Crippen LogP contribution in [-0.4, -0.2) is 24.9 Å². The molecule has 0 spiro atoms. The molecule has 3 rings (SSSR count). The number of rotatable bonds is 2. The number of hydrogen-bond donors (Lipinski definition) is 1. The summed E-state index contributed by atoms with van der Waals surface area (Å²) in [6.45, 7) is 8.78. The molecule has 1 aliphatic carbocycles. The summed E-state index contributed by atoms with van der Waals surface area (Å²) in [5, 5.41) is 9.50. The maximum atomic E-state index is 9.50. The fraction of sp³-hybridized carbons (Fsp3) is 0.750. The van der Waals surface area contributed by atoms with Crippen molar-refractivity contribution in [2.75, 3.05) is 19.8 Å². The molecule has 1 aromatic heterocycles. The molecule has 3 heteroatoms. The van der Waals surface area contributed by atoms with E-state index in [4.69, 9.17) is 4.74 Å². The highest BCUT2D eigenvalue weighted by Gasteiger charge is 2.35. The quantitative estimate of drug-likeness (QED) is 0.901. The van der Waals surface area contributed by atoms with Gasteiger partial charge in [-0.15, -0.1) is 11.3 Å². The number of aliphatic hydroxyl groups is 1. The van der Waals surface area contributed by atoms with E-state index in [0.29, 0.717) is 23.9 Å². The Morgan fingerprint density at radius 3 is 2.89 bits per heavy atom. The highest BCUT2D eigenvalue weighted by atomic mass is 32.1. The first kappa shape index (κ1) is 13.6. The van der Waals surface area contributed by atoms with Gasteiger partial charge in [0, 0.05) is 28.2 Å². The molecule has 0 bridgehead atoms. The van der Waals surface area contributed by atoms with E-state index in [9.17, 15) is 5.11 Å². The van der Waals surface area contributed by atoms with E-state index in [2.05, 4.69) is 20.8 Å². The summed E-state index contributed by atoms with van der Waals surface area (Å²) >= 11 is 1.99. The van der Waals surface area contributed by atoms with Crippen molar-refractivity contribution in [2.24, 2.45) is 11.3 Å². The van der Waals surface area contributed by atoms with Crippen LogP contribution in [0.1, 0.15) is 47.1 Å². The molecule has 1 aliphatic heterocycles. The van der Waals surface area contributed by atoms with Crippen LogP contribution in [0.15, 0.2) is 0 Å². The molecule has 1 fully saturated rings. The number of ether oxygens (including phenoxy) is 1. The Bertz CT molecular complexity index is 475. The number of hydrogen-bond acceptors (Lipinski definition) is 3. The van der Waals surface area contributed by atoms with Crippen LogP contribution in [-0.2, 0) is 17.6 Å². The van der Waals surface area contributed by atoms with Crippen molar-refractivity contribution in [1.29, 1.82) is 0 Å². The van der Waals surface area contributed by atoms with Crippen molar-refractivity contribution in [1.82, 2.24) is 0 Å². The fourth-order valence-corrected chi connectivity index (χ4v) is 5.01. The third kappa shape index (κ3) is 2.37. The predicted molar refractivity (Wildman–Crippen MR) is 79.0 cm³/mol. The van der Waals surface area contributed by atoms with Crippen LogP contribution >= 0.6 is 11.3 Å². The lowest BCUT2D eigenvalue weighted by Crippen LogP contribution is -2.21. The second-order valence-electron chi connectivity index (χ2n) is 6.92. The second kappa shape index (κ2) is 4.87. The zero-order valence-corrected chi connectivity index (χ0v) is 13.0. The van der Waals surface area contributed by atoms with Gasteiger partial charge in [0.1, 0.15) is 0 Å². The lowest BCUT2D eigenvalue weighted by Gasteiger charge is -2.29. The number of aliphatic hydroxyl groups excluding tert-OH is 1. The number of thiophene rings is 1. The zero-order valence-electron chi connectivity index (χ0n) is 12.2. The molecule has 2 aliphatic rings. The van der Waals surface area contributed by atoms with Gasteiger partial charge in [-0.3, -0.25) is 0 Å². The van der Waals surface area contributed by atoms with Gasteiger partial charge in [-0.2, -0.15) is 0 Å². The Labute approximate surface area is 119 Å². The average molecular weight is 280 g/mol. The molecule has 0 radical (unpaired) electrons. The van der Waals surface area contributed by atoms with Gasteiger partial charge in [-0.05, 0) is 42.7 Å². The van der Waals surface area contributed by atoms with Gasteiger partial charge in [0.25, 0.3) is 0 Å². The smallest absolute Gasteiger partial charge is 0.0547 e. The van der Waals surface area contributed by atoms with E-state index in [1.165, 1.54) is 29.7 Å². The number of aryl methyl sites for hydroxylation is 1. The van der Waals surface area contributed by atoms with Crippen LogP contribution in [0.5, 0.6) is 0 Å². The van der Waals surface area contributed by atoms with Crippen LogP contribution in [0.3, 0.4) is 0 Å². The maximum Gasteiger partial charge on any atom is 0.0547 e. The number of fused-ring (bicyclic) bond motifs is 1. The summed E-state index contributed by atoms with van der Waals surface area (Å²) in [6.07, 6.45) is 3.73. The molecule has 1 aromatic rings. The van der Waals surface area contributed by atoms with E-state index in [-0.39, 0.29) is 6.61 Å². The first-order valence-corrected chi connectivity index (χ1v) is 8.13. The molecule has 1 unspecified atom stereocenters. The molecule has 19 heavy (non-hydrogen) atoms. The SMILES string of the molecule is Cc1c([C@@H]2COCC2CO)sc2c1CC(C)(C)CC2. The van der Waals surface area contributed by atoms with Gasteiger partial charge in [-0.1, -0.05) is 13.8 Å². The van der Waals surface area contributed by atoms with Gasteiger partial charge < -0.3 is 9.84 Å². The molecular weight excluding hydrogens is 256 g/mol. The minimum Gasteiger partial charge on any atom is -0.396 e. The van der Waals surface area contributed by atoms with E-state index in [1.807, 2.05) is 11.3 Å². The molecular formula is C16H24O2S. The monoisotopic (exact) mass is 280 g/mol. The third-order valence-electron chi connectivity index (χ3n) is 4.85. The van der Waals surface area contributed by atoms with Gasteiger partial charge in [-0.25, -0.2) is 0 Å². The van der Waals surface area contributed by atoms with Gasteiger partial charge in [0.2, 0.25) is 0 Å². The molecule has 2 heterocycles. The van der Waals surface area contributed by atoms with E-state index in [0.717, 1.165) is 6.61 Å². The molecule has 0 aromatic carbocycles. The highest BCUT2D eigenvalue weighted by molar-refractivity contribution is 7.12. The molecule has 2 nitrogen and oxygen atoms in total. The largest absolute Gasteiger partial charge is 0.396 e. The zero-order chi connectivity index (χ0) is 13.6. The fourth-order valence-electron chi connectivity index (χ4n) is 3.50. The molecule has 2 atom stereocenters. The van der Waals surface area contributed by atoms with Crippen molar-refractivity contribution >= 4 is 11.3 Å². The molecule has 106 valence electrons. The van der Waals surface area contributed by atoms with Crippen LogP contribution in [0.25, 0.3) is 0 Å². The van der Waals surface area contributed by atoms with Crippen LogP contribution < -0.4 is 0 Å². The van der Waals surface area contributed by atoms with Crippen molar-refractivity contribution in [3.63, 3.8) is 0 Å². The summed E-state index contributed by atoms with van der Waals surface area (Å²) < 4.78 is 5.59. The normalized spacial score (nSPS) is 29.5. The van der Waals surface area contributed by atoms with Crippen molar-refractivity contribution in [2.45, 2.75) is 46.0 Å². The van der Waals surface area contributed by atoms with Crippen LogP contribution in [0.2, 0.25) is 0 Å². The maximum absolute atomic E-state index is 9.50. The van der Waals surface area contributed by atoms with Crippen LogP contribution in [0, 0.1) is 18.3 Å². The Morgan fingerprint density at radius 2 is 2.16 bits per heavy atom. The molecule has 0 amide bonds. The van der Waals surface area contributed by atoms with Crippen LogP contribution in [0.4, 0.5) is 0 Å². The van der Waals surface area contributed by atoms with Crippen molar-refractivity contribution in [3.8, 4) is 0 Å². The van der Waals surface area contributed by atoms with Gasteiger partial charge in [0.15, 0.2) is 0 Å². The summed E-state index contributed by atoms with van der Waals surface area (Å²) in [4.78, 5) is 3.08. The Kier molecular flexibility index (Phi) is 3.48. The van der Waals surface area contributed by atoms with Crippen molar-refractivity contribution in [3.05, 3.63) is 20.9 Å². The highest BCUT2D eigenvalue weighted by Crippen LogP contribution is 2.45. The summed E-state index contributed by atoms with van der Waals surface area (Å²) in [6, 6.07) is 0. The predicted octanol–water partition coefficient (Wildman–Crippen LogP) is 3.29. The lowest BCUT2D eigenvalue weighted by atomic mass is 9.75. The Balaban J connectivity index is 1.94. The summed E-state index contributed by atoms with van der Waals surface area (Å²) in [5.74, 6) is 0.718. The minimum atomic E-state index is 0.248. The van der Waals surface area contributed by atoms with Gasteiger partial charge in [0.05, 0.1) is 13.2 Å². The molecule has 0 saturated carbocycles. The first-order valence-electron chi connectivity index (χ1n) is 7.31. The van der Waals surface area contributed by atoms with E-state index < -0.39 is 0 Å². The molecule has 1 N–H and O–H groups in total. The first-order chi connectivity index (χ1) is 9.02. The summed E-state index contributed by atoms with van der Waals surface area (Å²) in [7, 11) is 0. The topological polar surface area (TPSA) is 29.5 Å². The molecule has 1 saturated heterocycles. The van der Waals surface area contributed by atoms with E-state index in [1.54, 1.807) is 10.4 Å². The van der Waals surface area contributed by atoms with Gasteiger partial charge >= 0.3 is 0 Å². The third-order valence-corrected chi connectivity index (χ3v) is 6.37.